The van der Waals surface area contributed by atoms with Crippen molar-refractivity contribution in [3.63, 3.8) is 0 Å². The van der Waals surface area contributed by atoms with Crippen LogP contribution in [-0.2, 0) is 0 Å². The van der Waals surface area contributed by atoms with Crippen molar-refractivity contribution in [2.75, 3.05) is 0 Å². The quantitative estimate of drug-likeness (QED) is 0.846. The first-order chi connectivity index (χ1) is 7.18. The van der Waals surface area contributed by atoms with E-state index in [9.17, 15) is 0 Å². The van der Waals surface area contributed by atoms with Crippen LogP contribution in [0.1, 0.15) is 22.7 Å². The lowest BCUT2D eigenvalue weighted by Gasteiger charge is -2.11. The van der Waals surface area contributed by atoms with Crippen molar-refractivity contribution in [3.05, 3.63) is 56.7 Å². The highest BCUT2D eigenvalue weighted by Gasteiger charge is 2.09. The van der Waals surface area contributed by atoms with E-state index in [1.54, 1.807) is 11.3 Å². The molecule has 0 saturated carbocycles. The maximum absolute atomic E-state index is 6.14. The summed E-state index contributed by atoms with van der Waals surface area (Å²) in [6.45, 7) is 1.99. The van der Waals surface area contributed by atoms with E-state index in [0.29, 0.717) is 0 Å². The Morgan fingerprint density at radius 2 is 2.07 bits per heavy atom. The van der Waals surface area contributed by atoms with Crippen LogP contribution in [0.5, 0.6) is 0 Å². The van der Waals surface area contributed by atoms with E-state index >= 15 is 0 Å². The van der Waals surface area contributed by atoms with Crippen molar-refractivity contribution in [2.24, 2.45) is 5.73 Å². The summed E-state index contributed by atoms with van der Waals surface area (Å²) < 4.78 is 0. The highest BCUT2D eigenvalue weighted by Crippen LogP contribution is 2.25. The molecule has 0 fully saturated rings. The van der Waals surface area contributed by atoms with Gasteiger partial charge in [0.05, 0.1) is 6.04 Å². The van der Waals surface area contributed by atoms with Crippen LogP contribution in [0.25, 0.3) is 0 Å². The number of thiophene rings is 1. The van der Waals surface area contributed by atoms with Gasteiger partial charge in [-0.1, -0.05) is 23.7 Å². The molecular formula is C12H12ClNS. The van der Waals surface area contributed by atoms with Crippen molar-refractivity contribution in [2.45, 2.75) is 13.0 Å². The summed E-state index contributed by atoms with van der Waals surface area (Å²) in [6.07, 6.45) is 0. The van der Waals surface area contributed by atoms with Gasteiger partial charge in [-0.2, -0.15) is 11.3 Å². The van der Waals surface area contributed by atoms with Gasteiger partial charge in [0.15, 0.2) is 0 Å². The zero-order valence-corrected chi connectivity index (χ0v) is 9.98. The molecule has 2 aromatic rings. The molecule has 0 bridgehead atoms. The lowest BCUT2D eigenvalue weighted by atomic mass is 10.0. The average molecular weight is 238 g/mol. The van der Waals surface area contributed by atoms with E-state index < -0.39 is 0 Å². The molecule has 1 aromatic heterocycles. The Morgan fingerprint density at radius 3 is 2.67 bits per heavy atom. The molecule has 0 aliphatic heterocycles. The minimum Gasteiger partial charge on any atom is -0.320 e. The first-order valence-corrected chi connectivity index (χ1v) is 6.04. The molecule has 15 heavy (non-hydrogen) atoms. The molecule has 0 radical (unpaired) electrons. The van der Waals surface area contributed by atoms with Crippen LogP contribution in [0.4, 0.5) is 0 Å². The summed E-state index contributed by atoms with van der Waals surface area (Å²) in [5.74, 6) is 0. The van der Waals surface area contributed by atoms with Gasteiger partial charge in [-0.25, -0.2) is 0 Å². The molecule has 0 amide bonds. The van der Waals surface area contributed by atoms with E-state index in [4.69, 9.17) is 17.3 Å². The Morgan fingerprint density at radius 1 is 1.27 bits per heavy atom. The van der Waals surface area contributed by atoms with Gasteiger partial charge in [0.2, 0.25) is 0 Å². The zero-order chi connectivity index (χ0) is 10.8. The van der Waals surface area contributed by atoms with Gasteiger partial charge >= 0.3 is 0 Å². The van der Waals surface area contributed by atoms with E-state index in [1.807, 2.05) is 30.5 Å². The van der Waals surface area contributed by atoms with Crippen LogP contribution in [0.15, 0.2) is 35.0 Å². The second-order valence-corrected chi connectivity index (χ2v) is 4.73. The standard InChI is InChI=1S/C12H12ClNS/c1-8-6-9(2-3-11(8)13)12(14)10-4-5-15-7-10/h2-7,12H,14H2,1H3/t12-/m0/s1. The monoisotopic (exact) mass is 237 g/mol. The molecule has 0 unspecified atom stereocenters. The smallest absolute Gasteiger partial charge is 0.0559 e. The second-order valence-electron chi connectivity index (χ2n) is 3.54. The van der Waals surface area contributed by atoms with Crippen molar-refractivity contribution < 1.29 is 0 Å². The molecule has 0 aliphatic rings. The van der Waals surface area contributed by atoms with Crippen molar-refractivity contribution in [3.8, 4) is 0 Å². The highest BCUT2D eigenvalue weighted by molar-refractivity contribution is 7.08. The number of aryl methyl sites for hydroxylation is 1. The normalized spacial score (nSPS) is 12.7. The van der Waals surface area contributed by atoms with Crippen LogP contribution in [0, 0.1) is 6.92 Å². The number of benzene rings is 1. The van der Waals surface area contributed by atoms with Gasteiger partial charge in [0.1, 0.15) is 0 Å². The van der Waals surface area contributed by atoms with Crippen LogP contribution in [0.3, 0.4) is 0 Å². The third-order valence-electron chi connectivity index (χ3n) is 2.44. The number of nitrogens with two attached hydrogens (primary N) is 1. The summed E-state index contributed by atoms with van der Waals surface area (Å²) in [5.41, 5.74) is 9.47. The molecule has 2 N–H and O–H groups in total. The average Bonchev–Trinajstić information content (AvgIpc) is 2.74. The maximum atomic E-state index is 6.14. The van der Waals surface area contributed by atoms with Gasteiger partial charge < -0.3 is 5.73 Å². The minimum absolute atomic E-state index is 0.0489. The van der Waals surface area contributed by atoms with Crippen LogP contribution in [0.2, 0.25) is 5.02 Å². The van der Waals surface area contributed by atoms with Gasteiger partial charge in [0, 0.05) is 5.02 Å². The molecule has 0 spiro atoms. The fourth-order valence-corrected chi connectivity index (χ4v) is 2.32. The Bertz CT molecular complexity index is 451. The van der Waals surface area contributed by atoms with Crippen molar-refractivity contribution in [1.29, 1.82) is 0 Å². The molecule has 1 aromatic carbocycles. The molecule has 1 atom stereocenters. The summed E-state index contributed by atoms with van der Waals surface area (Å²) in [5, 5.41) is 4.91. The Kier molecular flexibility index (Phi) is 3.10. The summed E-state index contributed by atoms with van der Waals surface area (Å²) in [7, 11) is 0. The summed E-state index contributed by atoms with van der Waals surface area (Å²) in [4.78, 5) is 0. The highest BCUT2D eigenvalue weighted by atomic mass is 35.5. The predicted molar refractivity (Wildman–Crippen MR) is 66.5 cm³/mol. The fourth-order valence-electron chi connectivity index (χ4n) is 1.51. The van der Waals surface area contributed by atoms with E-state index in [2.05, 4.69) is 11.4 Å². The van der Waals surface area contributed by atoms with Gasteiger partial charge in [0.25, 0.3) is 0 Å². The predicted octanol–water partition coefficient (Wildman–Crippen LogP) is 3.76. The Labute approximate surface area is 98.5 Å². The molecule has 0 aliphatic carbocycles. The van der Waals surface area contributed by atoms with E-state index in [1.165, 1.54) is 0 Å². The number of hydrogen-bond acceptors (Lipinski definition) is 2. The topological polar surface area (TPSA) is 26.0 Å². The minimum atomic E-state index is -0.0489. The van der Waals surface area contributed by atoms with Crippen molar-refractivity contribution in [1.82, 2.24) is 0 Å². The lowest BCUT2D eigenvalue weighted by molar-refractivity contribution is 0.875. The van der Waals surface area contributed by atoms with Gasteiger partial charge in [-0.3, -0.25) is 0 Å². The molecular weight excluding hydrogens is 226 g/mol. The molecule has 2 rings (SSSR count). The Balaban J connectivity index is 2.34. The first-order valence-electron chi connectivity index (χ1n) is 4.72. The maximum Gasteiger partial charge on any atom is 0.0559 e. The molecule has 0 saturated heterocycles. The van der Waals surface area contributed by atoms with Gasteiger partial charge in [-0.15, -0.1) is 0 Å². The summed E-state index contributed by atoms with van der Waals surface area (Å²) >= 11 is 7.64. The first kappa shape index (κ1) is 10.7. The third kappa shape index (κ3) is 2.23. The summed E-state index contributed by atoms with van der Waals surface area (Å²) in [6, 6.07) is 7.94. The molecule has 1 heterocycles. The van der Waals surface area contributed by atoms with E-state index in [0.717, 1.165) is 21.7 Å². The third-order valence-corrected chi connectivity index (χ3v) is 3.57. The Hall–Kier alpha value is -0.830. The number of hydrogen-bond donors (Lipinski definition) is 1. The lowest BCUT2D eigenvalue weighted by Crippen LogP contribution is -2.10. The van der Waals surface area contributed by atoms with Crippen LogP contribution in [-0.4, -0.2) is 0 Å². The van der Waals surface area contributed by atoms with Gasteiger partial charge in [-0.05, 0) is 46.5 Å². The second kappa shape index (κ2) is 4.35. The number of halogens is 1. The fraction of sp³-hybridized carbons (Fsp3) is 0.167. The van der Waals surface area contributed by atoms with E-state index in [-0.39, 0.29) is 6.04 Å². The SMILES string of the molecule is Cc1cc([C@H](N)c2ccsc2)ccc1Cl. The van der Waals surface area contributed by atoms with Crippen molar-refractivity contribution >= 4 is 22.9 Å². The largest absolute Gasteiger partial charge is 0.320 e. The van der Waals surface area contributed by atoms with Crippen LogP contribution < -0.4 is 5.73 Å². The zero-order valence-electron chi connectivity index (χ0n) is 8.41. The number of rotatable bonds is 2. The molecule has 1 nitrogen and oxygen atoms in total. The molecule has 3 heteroatoms. The van der Waals surface area contributed by atoms with Crippen LogP contribution >= 0.6 is 22.9 Å². The molecule has 78 valence electrons.